The van der Waals surface area contributed by atoms with E-state index >= 15 is 0 Å². The van der Waals surface area contributed by atoms with E-state index in [-0.39, 0.29) is 0 Å². The lowest BCUT2D eigenvalue weighted by molar-refractivity contribution is 0.250. The first-order chi connectivity index (χ1) is 8.54. The van der Waals surface area contributed by atoms with E-state index in [0.717, 1.165) is 12.8 Å². The summed E-state index contributed by atoms with van der Waals surface area (Å²) < 4.78 is 26.5. The van der Waals surface area contributed by atoms with Crippen LogP contribution in [0.15, 0.2) is 29.2 Å². The minimum atomic E-state index is -3.39. The lowest BCUT2D eigenvalue weighted by atomic mass is 9.85. The third-order valence-corrected chi connectivity index (χ3v) is 5.47. The van der Waals surface area contributed by atoms with Gasteiger partial charge in [0, 0.05) is 18.8 Å². The molecule has 0 aromatic heterocycles. The van der Waals surface area contributed by atoms with Gasteiger partial charge in [-0.05, 0) is 37.0 Å². The second-order valence-corrected chi connectivity index (χ2v) is 6.76. The van der Waals surface area contributed by atoms with Crippen molar-refractivity contribution in [1.29, 1.82) is 0 Å². The van der Waals surface area contributed by atoms with Crippen molar-refractivity contribution in [2.45, 2.75) is 31.1 Å². The summed E-state index contributed by atoms with van der Waals surface area (Å²) in [4.78, 5) is 0.295. The molecule has 1 aromatic carbocycles. The zero-order valence-electron chi connectivity index (χ0n) is 10.7. The maximum atomic E-state index is 12.5. The van der Waals surface area contributed by atoms with Gasteiger partial charge in [-0.1, -0.05) is 19.4 Å². The third-order valence-electron chi connectivity index (χ3n) is 3.54. The van der Waals surface area contributed by atoms with Gasteiger partial charge < -0.3 is 5.73 Å². The van der Waals surface area contributed by atoms with Crippen LogP contribution in [0.3, 0.4) is 0 Å². The van der Waals surface area contributed by atoms with Crippen molar-refractivity contribution >= 4 is 15.7 Å². The van der Waals surface area contributed by atoms with Gasteiger partial charge in [-0.15, -0.1) is 0 Å². The summed E-state index contributed by atoms with van der Waals surface area (Å²) in [6.45, 7) is 3.02. The van der Waals surface area contributed by atoms with E-state index in [9.17, 15) is 8.42 Å². The molecule has 1 aliphatic carbocycles. The summed E-state index contributed by atoms with van der Waals surface area (Å²) in [5.74, 6) is 0.529. The van der Waals surface area contributed by atoms with Gasteiger partial charge in [-0.3, -0.25) is 0 Å². The zero-order chi connectivity index (χ0) is 13.2. The fourth-order valence-electron chi connectivity index (χ4n) is 2.18. The molecule has 0 spiro atoms. The van der Waals surface area contributed by atoms with Crippen LogP contribution in [-0.4, -0.2) is 25.8 Å². The highest BCUT2D eigenvalue weighted by Gasteiger charge is 2.28. The average Bonchev–Trinajstić information content (AvgIpc) is 2.27. The highest BCUT2D eigenvalue weighted by Crippen LogP contribution is 2.29. The molecule has 0 saturated heterocycles. The van der Waals surface area contributed by atoms with Gasteiger partial charge in [0.15, 0.2) is 0 Å². The van der Waals surface area contributed by atoms with Gasteiger partial charge in [0.1, 0.15) is 0 Å². The first kappa shape index (κ1) is 13.4. The van der Waals surface area contributed by atoms with Crippen molar-refractivity contribution in [2.24, 2.45) is 5.92 Å². The molecule has 0 radical (unpaired) electrons. The molecule has 4 nitrogen and oxygen atoms in total. The minimum absolute atomic E-state index is 0.295. The standard InChI is InChI=1S/C13H20N2O2S/c1-2-15(10-11-5-3-6-11)18(16,17)13-8-4-7-12(14)9-13/h4,7-9,11H,2-3,5-6,10,14H2,1H3. The van der Waals surface area contributed by atoms with Crippen molar-refractivity contribution in [3.8, 4) is 0 Å². The number of anilines is 1. The number of sulfonamides is 1. The van der Waals surface area contributed by atoms with Crippen molar-refractivity contribution in [3.05, 3.63) is 24.3 Å². The molecule has 1 aliphatic rings. The maximum Gasteiger partial charge on any atom is 0.243 e. The molecule has 0 aliphatic heterocycles. The molecule has 18 heavy (non-hydrogen) atoms. The first-order valence-corrected chi connectivity index (χ1v) is 7.83. The Morgan fingerprint density at radius 1 is 1.39 bits per heavy atom. The molecule has 2 rings (SSSR count). The Bertz CT molecular complexity index is 509. The van der Waals surface area contributed by atoms with Crippen molar-refractivity contribution in [2.75, 3.05) is 18.8 Å². The topological polar surface area (TPSA) is 63.4 Å². The number of nitrogens with zero attached hydrogens (tertiary/aromatic N) is 1. The second-order valence-electron chi connectivity index (χ2n) is 4.83. The highest BCUT2D eigenvalue weighted by molar-refractivity contribution is 7.89. The van der Waals surface area contributed by atoms with E-state index in [0.29, 0.717) is 29.6 Å². The van der Waals surface area contributed by atoms with E-state index in [2.05, 4.69) is 0 Å². The van der Waals surface area contributed by atoms with E-state index < -0.39 is 10.0 Å². The monoisotopic (exact) mass is 268 g/mol. The van der Waals surface area contributed by atoms with Crippen LogP contribution >= 0.6 is 0 Å². The van der Waals surface area contributed by atoms with Crippen LogP contribution in [0.2, 0.25) is 0 Å². The molecule has 0 amide bonds. The Kier molecular flexibility index (Phi) is 3.92. The first-order valence-electron chi connectivity index (χ1n) is 6.39. The summed E-state index contributed by atoms with van der Waals surface area (Å²) in [6.07, 6.45) is 3.51. The number of nitrogens with two attached hydrogens (primary N) is 1. The fourth-order valence-corrected chi connectivity index (χ4v) is 3.77. The second kappa shape index (κ2) is 5.28. The summed E-state index contributed by atoms with van der Waals surface area (Å²) in [7, 11) is -3.39. The summed E-state index contributed by atoms with van der Waals surface area (Å²) in [5, 5.41) is 0. The number of nitrogen functional groups attached to an aromatic ring is 1. The fraction of sp³-hybridized carbons (Fsp3) is 0.538. The number of hydrogen-bond acceptors (Lipinski definition) is 3. The molecule has 1 aromatic rings. The molecule has 1 saturated carbocycles. The molecular formula is C13H20N2O2S. The number of hydrogen-bond donors (Lipinski definition) is 1. The van der Waals surface area contributed by atoms with Gasteiger partial charge in [0.2, 0.25) is 10.0 Å². The average molecular weight is 268 g/mol. The Morgan fingerprint density at radius 2 is 2.11 bits per heavy atom. The largest absolute Gasteiger partial charge is 0.399 e. The summed E-state index contributed by atoms with van der Waals surface area (Å²) in [6, 6.07) is 6.51. The Balaban J connectivity index is 2.21. The Hall–Kier alpha value is -1.07. The summed E-state index contributed by atoms with van der Waals surface area (Å²) in [5.41, 5.74) is 6.13. The Labute approximate surface area is 109 Å². The Morgan fingerprint density at radius 3 is 2.61 bits per heavy atom. The smallest absolute Gasteiger partial charge is 0.243 e. The quantitative estimate of drug-likeness (QED) is 0.832. The van der Waals surface area contributed by atoms with Gasteiger partial charge in [0.05, 0.1) is 4.90 Å². The van der Waals surface area contributed by atoms with E-state index in [1.54, 1.807) is 22.5 Å². The van der Waals surface area contributed by atoms with Gasteiger partial charge in [-0.25, -0.2) is 8.42 Å². The molecule has 0 atom stereocenters. The molecule has 0 heterocycles. The van der Waals surface area contributed by atoms with Crippen LogP contribution < -0.4 is 5.73 Å². The van der Waals surface area contributed by atoms with E-state index in [1.807, 2.05) is 6.92 Å². The SMILES string of the molecule is CCN(CC1CCC1)S(=O)(=O)c1cccc(N)c1. The number of rotatable bonds is 5. The normalized spacial score (nSPS) is 16.8. The zero-order valence-corrected chi connectivity index (χ0v) is 11.5. The molecule has 0 bridgehead atoms. The molecule has 1 fully saturated rings. The molecular weight excluding hydrogens is 248 g/mol. The lowest BCUT2D eigenvalue weighted by Gasteiger charge is -2.31. The molecule has 5 heteroatoms. The van der Waals surface area contributed by atoms with Gasteiger partial charge in [0.25, 0.3) is 0 Å². The third kappa shape index (κ3) is 2.67. The van der Waals surface area contributed by atoms with Crippen LogP contribution in [0.5, 0.6) is 0 Å². The van der Waals surface area contributed by atoms with Crippen molar-refractivity contribution in [3.63, 3.8) is 0 Å². The molecule has 2 N–H and O–H groups in total. The molecule has 0 unspecified atom stereocenters. The van der Waals surface area contributed by atoms with Gasteiger partial charge >= 0.3 is 0 Å². The van der Waals surface area contributed by atoms with Crippen LogP contribution in [0.1, 0.15) is 26.2 Å². The van der Waals surface area contributed by atoms with Crippen LogP contribution in [0.4, 0.5) is 5.69 Å². The highest BCUT2D eigenvalue weighted by atomic mass is 32.2. The van der Waals surface area contributed by atoms with Crippen molar-refractivity contribution in [1.82, 2.24) is 4.31 Å². The van der Waals surface area contributed by atoms with Gasteiger partial charge in [-0.2, -0.15) is 4.31 Å². The predicted molar refractivity (Wildman–Crippen MR) is 72.6 cm³/mol. The molecule has 100 valence electrons. The van der Waals surface area contributed by atoms with E-state index in [4.69, 9.17) is 5.73 Å². The summed E-state index contributed by atoms with van der Waals surface area (Å²) >= 11 is 0. The van der Waals surface area contributed by atoms with Crippen LogP contribution in [0.25, 0.3) is 0 Å². The van der Waals surface area contributed by atoms with E-state index in [1.165, 1.54) is 12.5 Å². The number of benzene rings is 1. The van der Waals surface area contributed by atoms with Crippen molar-refractivity contribution < 1.29 is 8.42 Å². The maximum absolute atomic E-state index is 12.5. The van der Waals surface area contributed by atoms with Crippen LogP contribution in [0, 0.1) is 5.92 Å². The predicted octanol–water partition coefficient (Wildman–Crippen LogP) is 2.08. The van der Waals surface area contributed by atoms with Crippen LogP contribution in [-0.2, 0) is 10.0 Å². The lowest BCUT2D eigenvalue weighted by Crippen LogP contribution is -2.37. The minimum Gasteiger partial charge on any atom is -0.399 e.